The van der Waals surface area contributed by atoms with Crippen LogP contribution in [0.5, 0.6) is 0 Å². The normalized spacial score (nSPS) is 10.1. The average molecular weight is 263 g/mol. The first-order valence-corrected chi connectivity index (χ1v) is 6.20. The Hall–Kier alpha value is -2.01. The van der Waals surface area contributed by atoms with Crippen LogP contribution in [0.15, 0.2) is 41.1 Å². The highest BCUT2D eigenvalue weighted by Crippen LogP contribution is 2.06. The van der Waals surface area contributed by atoms with Crippen molar-refractivity contribution in [2.24, 2.45) is 0 Å². The van der Waals surface area contributed by atoms with E-state index in [0.29, 0.717) is 11.1 Å². The van der Waals surface area contributed by atoms with Gasteiger partial charge in [-0.05, 0) is 35.7 Å². The van der Waals surface area contributed by atoms with Crippen molar-refractivity contribution in [3.8, 4) is 0 Å². The highest BCUT2D eigenvalue weighted by Gasteiger charge is 2.09. The standard InChI is InChI=1S/C13H10FNO2S/c14-11-3-1-9(2-4-11)13(17)15-7-12(16)10-5-6-18-8-10/h1-6,8H,7H2,(H,15,17). The van der Waals surface area contributed by atoms with Crippen molar-refractivity contribution in [1.29, 1.82) is 0 Å². The van der Waals surface area contributed by atoms with Gasteiger partial charge in [0.25, 0.3) is 5.91 Å². The number of carbonyl (C=O) groups is 2. The van der Waals surface area contributed by atoms with Gasteiger partial charge in [0.1, 0.15) is 5.82 Å². The number of carbonyl (C=O) groups excluding carboxylic acids is 2. The molecule has 1 aromatic carbocycles. The van der Waals surface area contributed by atoms with Gasteiger partial charge in [0.05, 0.1) is 6.54 Å². The van der Waals surface area contributed by atoms with Crippen molar-refractivity contribution >= 4 is 23.0 Å². The third kappa shape index (κ3) is 3.01. The highest BCUT2D eigenvalue weighted by molar-refractivity contribution is 7.08. The van der Waals surface area contributed by atoms with Crippen molar-refractivity contribution in [3.05, 3.63) is 58.0 Å². The third-order valence-electron chi connectivity index (χ3n) is 2.36. The minimum Gasteiger partial charge on any atom is -0.345 e. The lowest BCUT2D eigenvalue weighted by molar-refractivity contribution is 0.0904. The second-order valence-corrected chi connectivity index (χ2v) is 4.40. The average Bonchev–Trinajstić information content (AvgIpc) is 2.90. The fourth-order valence-corrected chi connectivity index (χ4v) is 2.05. The van der Waals surface area contributed by atoms with Gasteiger partial charge >= 0.3 is 0 Å². The van der Waals surface area contributed by atoms with Crippen molar-refractivity contribution < 1.29 is 14.0 Å². The number of benzene rings is 1. The van der Waals surface area contributed by atoms with E-state index in [9.17, 15) is 14.0 Å². The summed E-state index contributed by atoms with van der Waals surface area (Å²) >= 11 is 1.42. The highest BCUT2D eigenvalue weighted by atomic mass is 32.1. The van der Waals surface area contributed by atoms with Gasteiger partial charge in [-0.2, -0.15) is 11.3 Å². The van der Waals surface area contributed by atoms with E-state index >= 15 is 0 Å². The summed E-state index contributed by atoms with van der Waals surface area (Å²) in [4.78, 5) is 23.3. The molecule has 2 rings (SSSR count). The van der Waals surface area contributed by atoms with Crippen LogP contribution >= 0.6 is 11.3 Å². The molecule has 0 aliphatic carbocycles. The number of amides is 1. The first kappa shape index (κ1) is 12.4. The van der Waals surface area contributed by atoms with Crippen molar-refractivity contribution in [2.75, 3.05) is 6.54 Å². The maximum Gasteiger partial charge on any atom is 0.251 e. The Kier molecular flexibility index (Phi) is 3.84. The molecule has 0 bridgehead atoms. The molecule has 0 saturated heterocycles. The molecule has 1 N–H and O–H groups in total. The van der Waals surface area contributed by atoms with Crippen molar-refractivity contribution in [3.63, 3.8) is 0 Å². The summed E-state index contributed by atoms with van der Waals surface area (Å²) in [5.74, 6) is -0.939. The molecule has 0 fully saturated rings. The van der Waals surface area contributed by atoms with E-state index < -0.39 is 11.7 Å². The predicted molar refractivity (Wildman–Crippen MR) is 67.4 cm³/mol. The smallest absolute Gasteiger partial charge is 0.251 e. The third-order valence-corrected chi connectivity index (χ3v) is 3.04. The Morgan fingerprint density at radius 1 is 1.11 bits per heavy atom. The molecule has 92 valence electrons. The van der Waals surface area contributed by atoms with Gasteiger partial charge in [-0.15, -0.1) is 0 Å². The molecule has 18 heavy (non-hydrogen) atoms. The lowest BCUT2D eigenvalue weighted by Crippen LogP contribution is -2.29. The second kappa shape index (κ2) is 5.55. The van der Waals surface area contributed by atoms with Gasteiger partial charge in [0.15, 0.2) is 5.78 Å². The summed E-state index contributed by atoms with van der Waals surface area (Å²) in [7, 11) is 0. The van der Waals surface area contributed by atoms with E-state index in [2.05, 4.69) is 5.32 Å². The molecular weight excluding hydrogens is 253 g/mol. The summed E-state index contributed by atoms with van der Waals surface area (Å²) in [5.41, 5.74) is 0.911. The Labute approximate surface area is 107 Å². The van der Waals surface area contributed by atoms with Crippen LogP contribution < -0.4 is 5.32 Å². The minimum absolute atomic E-state index is 0.0626. The van der Waals surface area contributed by atoms with Gasteiger partial charge in [-0.1, -0.05) is 0 Å². The molecule has 0 atom stereocenters. The topological polar surface area (TPSA) is 46.2 Å². The Bertz CT molecular complexity index is 549. The molecule has 0 spiro atoms. The molecule has 1 aromatic heterocycles. The Morgan fingerprint density at radius 2 is 1.83 bits per heavy atom. The number of Topliss-reactive ketones (excluding diaryl/α,β-unsaturated/α-hetero) is 1. The van der Waals surface area contributed by atoms with Gasteiger partial charge in [-0.3, -0.25) is 9.59 Å². The summed E-state index contributed by atoms with van der Waals surface area (Å²) in [5, 5.41) is 6.03. The zero-order valence-electron chi connectivity index (χ0n) is 9.35. The van der Waals surface area contributed by atoms with Crippen LogP contribution in [-0.2, 0) is 0 Å². The van der Waals surface area contributed by atoms with E-state index in [0.717, 1.165) is 0 Å². The van der Waals surface area contributed by atoms with Gasteiger partial charge in [0, 0.05) is 16.5 Å². The van der Waals surface area contributed by atoms with Crippen LogP contribution in [0, 0.1) is 5.82 Å². The number of hydrogen-bond acceptors (Lipinski definition) is 3. The van der Waals surface area contributed by atoms with Crippen molar-refractivity contribution in [2.45, 2.75) is 0 Å². The minimum atomic E-state index is -0.402. The van der Waals surface area contributed by atoms with Crippen molar-refractivity contribution in [1.82, 2.24) is 5.32 Å². The van der Waals surface area contributed by atoms with Gasteiger partial charge in [0.2, 0.25) is 0 Å². The van der Waals surface area contributed by atoms with E-state index in [1.807, 2.05) is 0 Å². The van der Waals surface area contributed by atoms with Crippen LogP contribution in [0.2, 0.25) is 0 Å². The Balaban J connectivity index is 1.92. The van der Waals surface area contributed by atoms with Crippen LogP contribution in [0.3, 0.4) is 0 Å². The summed E-state index contributed by atoms with van der Waals surface area (Å²) in [6.07, 6.45) is 0. The van der Waals surface area contributed by atoms with Gasteiger partial charge < -0.3 is 5.32 Å². The molecule has 0 radical (unpaired) electrons. The number of hydrogen-bond donors (Lipinski definition) is 1. The zero-order valence-corrected chi connectivity index (χ0v) is 10.2. The first-order chi connectivity index (χ1) is 8.66. The Morgan fingerprint density at radius 3 is 2.44 bits per heavy atom. The van der Waals surface area contributed by atoms with E-state index in [4.69, 9.17) is 0 Å². The SMILES string of the molecule is O=C(CNC(=O)c1ccc(F)cc1)c1ccsc1. The molecule has 2 aromatic rings. The largest absolute Gasteiger partial charge is 0.345 e. The molecule has 5 heteroatoms. The van der Waals surface area contributed by atoms with Crippen LogP contribution in [0.4, 0.5) is 4.39 Å². The van der Waals surface area contributed by atoms with E-state index in [-0.39, 0.29) is 12.3 Å². The lowest BCUT2D eigenvalue weighted by atomic mass is 10.2. The maximum absolute atomic E-state index is 12.7. The zero-order chi connectivity index (χ0) is 13.0. The second-order valence-electron chi connectivity index (χ2n) is 3.62. The lowest BCUT2D eigenvalue weighted by Gasteiger charge is -2.03. The number of thiophene rings is 1. The predicted octanol–water partition coefficient (Wildman–Crippen LogP) is 2.50. The number of rotatable bonds is 4. The van der Waals surface area contributed by atoms with E-state index in [1.54, 1.807) is 16.8 Å². The molecule has 0 unspecified atom stereocenters. The monoisotopic (exact) mass is 263 g/mol. The van der Waals surface area contributed by atoms with Crippen LogP contribution in [0.25, 0.3) is 0 Å². The molecular formula is C13H10FNO2S. The molecule has 0 saturated carbocycles. The number of nitrogens with one attached hydrogen (secondary N) is 1. The van der Waals surface area contributed by atoms with Crippen LogP contribution in [0.1, 0.15) is 20.7 Å². The fraction of sp³-hybridized carbons (Fsp3) is 0.0769. The van der Waals surface area contributed by atoms with Crippen LogP contribution in [-0.4, -0.2) is 18.2 Å². The molecule has 0 aliphatic heterocycles. The first-order valence-electron chi connectivity index (χ1n) is 5.26. The molecule has 0 aliphatic rings. The molecule has 1 heterocycles. The number of halogens is 1. The number of ketones is 1. The quantitative estimate of drug-likeness (QED) is 0.861. The van der Waals surface area contributed by atoms with Gasteiger partial charge in [-0.25, -0.2) is 4.39 Å². The summed E-state index contributed by atoms with van der Waals surface area (Å²) in [6.45, 7) is -0.0626. The molecule has 3 nitrogen and oxygen atoms in total. The molecule has 1 amide bonds. The fourth-order valence-electron chi connectivity index (χ4n) is 1.39. The maximum atomic E-state index is 12.7. The summed E-state index contributed by atoms with van der Waals surface area (Å²) in [6, 6.07) is 6.86. The van der Waals surface area contributed by atoms with E-state index in [1.165, 1.54) is 35.6 Å². The summed E-state index contributed by atoms with van der Waals surface area (Å²) < 4.78 is 12.7.